The van der Waals surface area contributed by atoms with Gasteiger partial charge in [-0.15, -0.1) is 11.3 Å². The first-order valence-corrected chi connectivity index (χ1v) is 11.4. The molecule has 0 spiro atoms. The molecule has 0 radical (unpaired) electrons. The molecule has 29 heavy (non-hydrogen) atoms. The Bertz CT molecular complexity index is 627. The van der Waals surface area contributed by atoms with Crippen LogP contribution in [-0.4, -0.2) is 73.8 Å². The van der Waals surface area contributed by atoms with Crippen LogP contribution in [0.1, 0.15) is 31.1 Å². The molecule has 0 aromatic carbocycles. The first-order chi connectivity index (χ1) is 13.9. The van der Waals surface area contributed by atoms with Gasteiger partial charge in [0.15, 0.2) is 5.96 Å². The summed E-state index contributed by atoms with van der Waals surface area (Å²) in [4.78, 5) is 10.1. The van der Waals surface area contributed by atoms with Crippen molar-refractivity contribution < 1.29 is 13.2 Å². The summed E-state index contributed by atoms with van der Waals surface area (Å²) in [5.74, 6) is 1.29. The molecule has 0 bridgehead atoms. The molecular formula is C20H32F3N5S. The predicted octanol–water partition coefficient (Wildman–Crippen LogP) is 3.15. The molecule has 2 N–H and O–H groups in total. The van der Waals surface area contributed by atoms with E-state index in [9.17, 15) is 13.2 Å². The van der Waals surface area contributed by atoms with Crippen molar-refractivity contribution in [2.45, 2.75) is 44.9 Å². The third-order valence-electron chi connectivity index (χ3n) is 5.53. The number of rotatable bonds is 7. The molecule has 3 rings (SSSR count). The monoisotopic (exact) mass is 431 g/mol. The van der Waals surface area contributed by atoms with Crippen LogP contribution in [0.5, 0.6) is 0 Å². The molecule has 1 atom stereocenters. The van der Waals surface area contributed by atoms with Crippen molar-refractivity contribution in [1.29, 1.82) is 0 Å². The number of guanidine groups is 1. The molecule has 2 aliphatic rings. The van der Waals surface area contributed by atoms with Crippen molar-refractivity contribution in [1.82, 2.24) is 20.4 Å². The normalized spacial score (nSPS) is 22.9. The van der Waals surface area contributed by atoms with Crippen LogP contribution in [0.2, 0.25) is 0 Å². The second kappa shape index (κ2) is 10.6. The maximum atomic E-state index is 12.6. The molecule has 164 valence electrons. The third-order valence-corrected chi connectivity index (χ3v) is 6.40. The van der Waals surface area contributed by atoms with Gasteiger partial charge in [-0.2, -0.15) is 13.2 Å². The van der Waals surface area contributed by atoms with Crippen LogP contribution in [0.25, 0.3) is 0 Å². The Labute approximate surface area is 175 Å². The summed E-state index contributed by atoms with van der Waals surface area (Å²) in [5, 5.41) is 8.70. The molecular weight excluding hydrogens is 399 g/mol. The van der Waals surface area contributed by atoms with Crippen LogP contribution >= 0.6 is 11.3 Å². The minimum absolute atomic E-state index is 0.0165. The van der Waals surface area contributed by atoms with E-state index in [1.54, 1.807) is 0 Å². The summed E-state index contributed by atoms with van der Waals surface area (Å²) in [6, 6.07) is 4.31. The molecule has 3 heterocycles. The number of nitrogens with one attached hydrogen (secondary N) is 2. The van der Waals surface area contributed by atoms with E-state index in [4.69, 9.17) is 4.99 Å². The van der Waals surface area contributed by atoms with E-state index >= 15 is 0 Å². The van der Waals surface area contributed by atoms with Gasteiger partial charge in [0, 0.05) is 43.6 Å². The fourth-order valence-corrected chi connectivity index (χ4v) is 4.78. The number of piperidine rings is 1. The van der Waals surface area contributed by atoms with Gasteiger partial charge in [-0.1, -0.05) is 6.07 Å². The van der Waals surface area contributed by atoms with Crippen LogP contribution in [0.15, 0.2) is 22.5 Å². The molecule has 0 saturated carbocycles. The van der Waals surface area contributed by atoms with E-state index < -0.39 is 12.7 Å². The van der Waals surface area contributed by atoms with Gasteiger partial charge in [-0.3, -0.25) is 14.8 Å². The van der Waals surface area contributed by atoms with E-state index in [1.165, 1.54) is 9.78 Å². The zero-order valence-corrected chi connectivity index (χ0v) is 17.9. The van der Waals surface area contributed by atoms with Gasteiger partial charge in [0.2, 0.25) is 0 Å². The Hall–Kier alpha value is -1.32. The summed E-state index contributed by atoms with van der Waals surface area (Å²) in [6.07, 6.45) is -1.15. The number of halogens is 3. The second-order valence-corrected chi connectivity index (χ2v) is 9.03. The average molecular weight is 432 g/mol. The minimum atomic E-state index is -4.13. The number of hydrogen-bond acceptors (Lipinski definition) is 4. The van der Waals surface area contributed by atoms with Crippen molar-refractivity contribution in [2.75, 3.05) is 45.8 Å². The Kier molecular flexibility index (Phi) is 8.20. The second-order valence-electron chi connectivity index (χ2n) is 8.00. The van der Waals surface area contributed by atoms with E-state index in [0.29, 0.717) is 25.4 Å². The standard InChI is InChI=1S/C20H32F3N5S/c1-2-24-19(26-17-7-10-28(13-17)15-20(21,22)23)25-12-16-5-8-27(9-6-16)14-18-4-3-11-29-18/h3-4,11,16-17H,2,5-10,12-15H2,1H3,(H2,24,25,26). The summed E-state index contributed by atoms with van der Waals surface area (Å²) < 4.78 is 37.7. The van der Waals surface area contributed by atoms with Gasteiger partial charge in [0.1, 0.15) is 0 Å². The Morgan fingerprint density at radius 2 is 1.97 bits per heavy atom. The lowest BCUT2D eigenvalue weighted by Crippen LogP contribution is -2.45. The third kappa shape index (κ3) is 7.79. The molecule has 9 heteroatoms. The van der Waals surface area contributed by atoms with Crippen molar-refractivity contribution in [3.63, 3.8) is 0 Å². The topological polar surface area (TPSA) is 42.9 Å². The quantitative estimate of drug-likeness (QED) is 0.514. The van der Waals surface area contributed by atoms with Gasteiger partial charge in [-0.25, -0.2) is 0 Å². The molecule has 5 nitrogen and oxygen atoms in total. The summed E-state index contributed by atoms with van der Waals surface area (Å²) in [7, 11) is 0. The van der Waals surface area contributed by atoms with Gasteiger partial charge in [-0.05, 0) is 56.6 Å². The first-order valence-electron chi connectivity index (χ1n) is 10.5. The highest BCUT2D eigenvalue weighted by atomic mass is 32.1. The van der Waals surface area contributed by atoms with Gasteiger partial charge >= 0.3 is 6.18 Å². The van der Waals surface area contributed by atoms with Gasteiger partial charge in [0.05, 0.1) is 6.54 Å². The van der Waals surface area contributed by atoms with Crippen molar-refractivity contribution in [3.05, 3.63) is 22.4 Å². The molecule has 0 aliphatic carbocycles. The molecule has 2 saturated heterocycles. The van der Waals surface area contributed by atoms with E-state index in [1.807, 2.05) is 18.3 Å². The number of nitrogens with zero attached hydrogens (tertiary/aromatic N) is 3. The molecule has 1 unspecified atom stereocenters. The molecule has 2 fully saturated rings. The van der Waals surface area contributed by atoms with Crippen molar-refractivity contribution in [3.8, 4) is 0 Å². The Morgan fingerprint density at radius 1 is 1.21 bits per heavy atom. The molecule has 0 amide bonds. The molecule has 2 aliphatic heterocycles. The number of likely N-dealkylation sites (tertiary alicyclic amines) is 2. The zero-order chi connectivity index (χ0) is 20.7. The van der Waals surface area contributed by atoms with Crippen LogP contribution in [0, 0.1) is 5.92 Å². The zero-order valence-electron chi connectivity index (χ0n) is 17.0. The highest BCUT2D eigenvalue weighted by Crippen LogP contribution is 2.22. The summed E-state index contributed by atoms with van der Waals surface area (Å²) >= 11 is 1.81. The molecule has 1 aromatic rings. The first kappa shape index (κ1) is 22.4. The Morgan fingerprint density at radius 3 is 2.62 bits per heavy atom. The summed E-state index contributed by atoms with van der Waals surface area (Å²) in [6.45, 7) is 6.78. The SMILES string of the molecule is CCNC(=NCC1CCN(Cc2cccs2)CC1)NC1CCN(CC(F)(F)F)C1. The number of alkyl halides is 3. The lowest BCUT2D eigenvalue weighted by atomic mass is 9.97. The van der Waals surface area contributed by atoms with E-state index in [0.717, 1.165) is 51.5 Å². The number of thiophene rings is 1. The smallest absolute Gasteiger partial charge is 0.357 e. The highest BCUT2D eigenvalue weighted by molar-refractivity contribution is 7.09. The predicted molar refractivity (Wildman–Crippen MR) is 112 cm³/mol. The van der Waals surface area contributed by atoms with Crippen LogP contribution in [0.3, 0.4) is 0 Å². The molecule has 1 aromatic heterocycles. The fraction of sp³-hybridized carbons (Fsp3) is 0.750. The lowest BCUT2D eigenvalue weighted by Gasteiger charge is -2.31. The van der Waals surface area contributed by atoms with Crippen molar-refractivity contribution >= 4 is 17.3 Å². The lowest BCUT2D eigenvalue weighted by molar-refractivity contribution is -0.143. The van der Waals surface area contributed by atoms with Gasteiger partial charge < -0.3 is 10.6 Å². The largest absolute Gasteiger partial charge is 0.401 e. The van der Waals surface area contributed by atoms with E-state index in [2.05, 4.69) is 33.0 Å². The number of aliphatic imine (C=N–C) groups is 1. The fourth-order valence-electron chi connectivity index (χ4n) is 4.03. The van der Waals surface area contributed by atoms with Crippen LogP contribution in [-0.2, 0) is 6.54 Å². The van der Waals surface area contributed by atoms with Crippen molar-refractivity contribution in [2.24, 2.45) is 10.9 Å². The van der Waals surface area contributed by atoms with E-state index in [-0.39, 0.29) is 6.04 Å². The van der Waals surface area contributed by atoms with Gasteiger partial charge in [0.25, 0.3) is 0 Å². The summed E-state index contributed by atoms with van der Waals surface area (Å²) in [5.41, 5.74) is 0. The number of hydrogen-bond donors (Lipinski definition) is 2. The maximum absolute atomic E-state index is 12.6. The maximum Gasteiger partial charge on any atom is 0.401 e. The highest BCUT2D eigenvalue weighted by Gasteiger charge is 2.34. The average Bonchev–Trinajstić information content (AvgIpc) is 3.32. The van der Waals surface area contributed by atoms with Crippen LogP contribution in [0.4, 0.5) is 13.2 Å². The van der Waals surface area contributed by atoms with Crippen LogP contribution < -0.4 is 10.6 Å². The minimum Gasteiger partial charge on any atom is -0.357 e. The Balaban J connectivity index is 1.41.